The Morgan fingerprint density at radius 1 is 1.32 bits per heavy atom. The lowest BCUT2D eigenvalue weighted by atomic mass is 10.1. The van der Waals surface area contributed by atoms with E-state index in [9.17, 15) is 14.9 Å². The van der Waals surface area contributed by atoms with Crippen LogP contribution in [0.2, 0.25) is 0 Å². The number of aryl methyl sites for hydroxylation is 1. The molecule has 0 spiro atoms. The number of nitriles is 1. The number of hydrogen-bond acceptors (Lipinski definition) is 6. The van der Waals surface area contributed by atoms with Crippen LogP contribution in [0.4, 0.5) is 0 Å². The number of nitrogens with zero attached hydrogens (tertiary/aromatic N) is 3. The minimum atomic E-state index is -0.508. The zero-order chi connectivity index (χ0) is 20.7. The third-order valence-electron chi connectivity index (χ3n) is 3.89. The summed E-state index contributed by atoms with van der Waals surface area (Å²) < 4.78 is 5.97. The molecule has 1 amide bonds. The second kappa shape index (κ2) is 10.2. The predicted molar refractivity (Wildman–Crippen MR) is 111 cm³/mol. The molecule has 0 saturated heterocycles. The fourth-order valence-electron chi connectivity index (χ4n) is 2.38. The van der Waals surface area contributed by atoms with E-state index in [0.29, 0.717) is 17.3 Å². The van der Waals surface area contributed by atoms with Gasteiger partial charge in [0.1, 0.15) is 11.1 Å². The van der Waals surface area contributed by atoms with Crippen LogP contribution in [-0.4, -0.2) is 41.2 Å². The Balaban J connectivity index is 2.05. The Bertz CT molecular complexity index is 910. The average molecular weight is 462 g/mol. The van der Waals surface area contributed by atoms with Crippen molar-refractivity contribution in [3.05, 3.63) is 57.2 Å². The second-order valence-electron chi connectivity index (χ2n) is 5.97. The van der Waals surface area contributed by atoms with Crippen molar-refractivity contribution < 1.29 is 14.3 Å². The summed E-state index contributed by atoms with van der Waals surface area (Å²) in [7, 11) is 1.73. The van der Waals surface area contributed by atoms with Crippen LogP contribution in [0.1, 0.15) is 34.1 Å². The molecular formula is C20H20BrN3O3S. The molecule has 0 fully saturated rings. The topological polar surface area (TPSA) is 83.3 Å². The van der Waals surface area contributed by atoms with Crippen LogP contribution < -0.4 is 0 Å². The van der Waals surface area contributed by atoms with E-state index in [0.717, 1.165) is 10.0 Å². The Kier molecular flexibility index (Phi) is 8.03. The van der Waals surface area contributed by atoms with Gasteiger partial charge in [-0.05, 0) is 37.6 Å². The summed E-state index contributed by atoms with van der Waals surface area (Å²) >= 11 is 4.57. The Labute approximate surface area is 177 Å². The molecule has 0 atom stereocenters. The van der Waals surface area contributed by atoms with E-state index in [1.54, 1.807) is 25.8 Å². The van der Waals surface area contributed by atoms with Crippen molar-refractivity contribution in [1.29, 1.82) is 5.26 Å². The highest BCUT2D eigenvalue weighted by atomic mass is 79.9. The molecule has 0 bridgehead atoms. The number of thioether (sulfide) groups is 1. The summed E-state index contributed by atoms with van der Waals surface area (Å²) in [4.78, 5) is 30.4. The van der Waals surface area contributed by atoms with E-state index in [2.05, 4.69) is 20.9 Å². The zero-order valence-electron chi connectivity index (χ0n) is 15.9. The molecule has 1 aromatic heterocycles. The molecule has 1 aromatic carbocycles. The number of pyridine rings is 1. The molecule has 6 nitrogen and oxygen atoms in total. The third kappa shape index (κ3) is 5.81. The summed E-state index contributed by atoms with van der Waals surface area (Å²) in [6.45, 7) is 4.13. The Morgan fingerprint density at radius 2 is 2.00 bits per heavy atom. The van der Waals surface area contributed by atoms with Crippen molar-refractivity contribution in [1.82, 2.24) is 9.88 Å². The first kappa shape index (κ1) is 21.9. The first-order chi connectivity index (χ1) is 13.3. The lowest BCUT2D eigenvalue weighted by molar-refractivity contribution is -0.127. The van der Waals surface area contributed by atoms with Gasteiger partial charge in [0, 0.05) is 18.1 Å². The quantitative estimate of drug-likeness (QED) is 0.458. The third-order valence-corrected chi connectivity index (χ3v) is 5.39. The largest absolute Gasteiger partial charge is 0.462 e. The van der Waals surface area contributed by atoms with Gasteiger partial charge in [-0.2, -0.15) is 5.26 Å². The second-order valence-corrected chi connectivity index (χ2v) is 7.85. The van der Waals surface area contributed by atoms with Gasteiger partial charge in [0.05, 0.1) is 29.2 Å². The minimum absolute atomic E-state index is 0.0780. The van der Waals surface area contributed by atoms with E-state index < -0.39 is 5.97 Å². The highest BCUT2D eigenvalue weighted by molar-refractivity contribution is 9.10. The molecule has 0 unspecified atom stereocenters. The van der Waals surface area contributed by atoms with Crippen molar-refractivity contribution >= 4 is 39.6 Å². The van der Waals surface area contributed by atoms with Gasteiger partial charge in [-0.25, -0.2) is 9.78 Å². The van der Waals surface area contributed by atoms with Gasteiger partial charge in [-0.15, -0.1) is 0 Å². The number of carbonyl (C=O) groups is 2. The number of esters is 1. The summed E-state index contributed by atoms with van der Waals surface area (Å²) in [5.41, 5.74) is 2.01. The van der Waals surface area contributed by atoms with Gasteiger partial charge in [-0.1, -0.05) is 39.8 Å². The molecule has 28 heavy (non-hydrogen) atoms. The van der Waals surface area contributed by atoms with Gasteiger partial charge in [-0.3, -0.25) is 4.79 Å². The van der Waals surface area contributed by atoms with Crippen LogP contribution in [0.5, 0.6) is 0 Å². The molecular weight excluding hydrogens is 442 g/mol. The Morgan fingerprint density at radius 3 is 2.61 bits per heavy atom. The molecule has 1 heterocycles. The molecule has 0 aliphatic heterocycles. The van der Waals surface area contributed by atoms with Crippen molar-refractivity contribution in [3.8, 4) is 6.07 Å². The van der Waals surface area contributed by atoms with Gasteiger partial charge >= 0.3 is 5.97 Å². The van der Waals surface area contributed by atoms with Crippen LogP contribution in [-0.2, 0) is 16.1 Å². The SMILES string of the molecule is CCOC(=O)c1cc(C#N)c(SCC(=O)N(C)Cc2ccc(Br)cc2)nc1C. The van der Waals surface area contributed by atoms with Gasteiger partial charge < -0.3 is 9.64 Å². The number of ether oxygens (including phenoxy) is 1. The van der Waals surface area contributed by atoms with Gasteiger partial charge in [0.15, 0.2) is 0 Å². The molecule has 0 saturated carbocycles. The zero-order valence-corrected chi connectivity index (χ0v) is 18.3. The molecule has 146 valence electrons. The highest BCUT2D eigenvalue weighted by Crippen LogP contribution is 2.24. The average Bonchev–Trinajstić information content (AvgIpc) is 2.67. The van der Waals surface area contributed by atoms with Crippen molar-refractivity contribution in [2.45, 2.75) is 25.4 Å². The number of halogens is 1. The predicted octanol–water partition coefficient (Wildman–Crippen LogP) is 3.95. The fraction of sp³-hybridized carbons (Fsp3) is 0.300. The molecule has 0 radical (unpaired) electrons. The number of aromatic nitrogens is 1. The number of rotatable bonds is 7. The van der Waals surface area contributed by atoms with Crippen molar-refractivity contribution in [2.75, 3.05) is 19.4 Å². The monoisotopic (exact) mass is 461 g/mol. The minimum Gasteiger partial charge on any atom is -0.462 e. The smallest absolute Gasteiger partial charge is 0.340 e. The molecule has 0 aliphatic carbocycles. The summed E-state index contributed by atoms with van der Waals surface area (Å²) in [5.74, 6) is -0.441. The van der Waals surface area contributed by atoms with Crippen LogP contribution >= 0.6 is 27.7 Å². The Hall–Kier alpha value is -2.37. The standard InChI is InChI=1S/C20H20BrN3O3S/c1-4-27-20(26)17-9-15(10-22)19(23-13(17)2)28-12-18(25)24(3)11-14-5-7-16(21)8-6-14/h5-9H,4,11-12H2,1-3H3. The molecule has 0 N–H and O–H groups in total. The first-order valence-electron chi connectivity index (χ1n) is 8.55. The summed E-state index contributed by atoms with van der Waals surface area (Å²) in [5, 5.41) is 9.81. The van der Waals surface area contributed by atoms with Crippen LogP contribution in [0, 0.1) is 18.3 Å². The normalized spacial score (nSPS) is 10.2. The molecule has 2 aromatic rings. The first-order valence-corrected chi connectivity index (χ1v) is 10.3. The van der Waals surface area contributed by atoms with E-state index in [1.165, 1.54) is 17.8 Å². The summed E-state index contributed by atoms with van der Waals surface area (Å²) in [6, 6.07) is 11.3. The number of carbonyl (C=O) groups excluding carboxylic acids is 2. The maximum Gasteiger partial charge on any atom is 0.340 e. The van der Waals surface area contributed by atoms with Gasteiger partial charge in [0.2, 0.25) is 5.91 Å². The lowest BCUT2D eigenvalue weighted by Crippen LogP contribution is -2.27. The summed E-state index contributed by atoms with van der Waals surface area (Å²) in [6.07, 6.45) is 0. The van der Waals surface area contributed by atoms with Crippen LogP contribution in [0.15, 0.2) is 39.8 Å². The lowest BCUT2D eigenvalue weighted by Gasteiger charge is -2.17. The number of amides is 1. The molecule has 2 rings (SSSR count). The number of benzene rings is 1. The van der Waals surface area contributed by atoms with Crippen LogP contribution in [0.3, 0.4) is 0 Å². The fourth-order valence-corrected chi connectivity index (χ4v) is 3.59. The van der Waals surface area contributed by atoms with Gasteiger partial charge in [0.25, 0.3) is 0 Å². The van der Waals surface area contributed by atoms with E-state index >= 15 is 0 Å². The van der Waals surface area contributed by atoms with E-state index in [1.807, 2.05) is 30.3 Å². The van der Waals surface area contributed by atoms with Crippen molar-refractivity contribution in [2.24, 2.45) is 0 Å². The van der Waals surface area contributed by atoms with E-state index in [4.69, 9.17) is 4.74 Å². The van der Waals surface area contributed by atoms with Crippen molar-refractivity contribution in [3.63, 3.8) is 0 Å². The maximum absolute atomic E-state index is 12.4. The molecule has 0 aliphatic rings. The molecule has 8 heteroatoms. The highest BCUT2D eigenvalue weighted by Gasteiger charge is 2.18. The maximum atomic E-state index is 12.4. The van der Waals surface area contributed by atoms with Crippen LogP contribution in [0.25, 0.3) is 0 Å². The number of hydrogen-bond donors (Lipinski definition) is 0. The van der Waals surface area contributed by atoms with E-state index in [-0.39, 0.29) is 29.4 Å².